The fraction of sp³-hybridized carbons (Fsp3) is 0.348. The Hall–Kier alpha value is -2.55. The molecular weight excluding hydrogens is 320 g/mol. The number of ether oxygens (including phenoxy) is 1. The molecule has 1 aliphatic rings. The highest BCUT2D eigenvalue weighted by Gasteiger charge is 2.30. The van der Waals surface area contributed by atoms with E-state index in [2.05, 4.69) is 61.9 Å². The van der Waals surface area contributed by atoms with Crippen LogP contribution in [0.15, 0.2) is 53.5 Å². The molecule has 0 radical (unpaired) electrons. The van der Waals surface area contributed by atoms with E-state index in [1.54, 1.807) is 7.11 Å². The van der Waals surface area contributed by atoms with Crippen LogP contribution >= 0.6 is 0 Å². The van der Waals surface area contributed by atoms with Crippen LogP contribution in [0, 0.1) is 0 Å². The standard InChI is InChI=1S/C23H28N2O/c1-6-13-25-21-12-11-18(14-19(21)17(2)15-23(25,3)4)16-24-20-9-7-8-10-22(20)26-5/h7-12,14-16H,6,13H2,1-5H3. The maximum atomic E-state index is 5.38. The van der Waals surface area contributed by atoms with Crippen LogP contribution < -0.4 is 9.64 Å². The zero-order chi connectivity index (χ0) is 18.7. The second-order valence-electron chi connectivity index (χ2n) is 7.34. The minimum absolute atomic E-state index is 0.0418. The Bertz CT molecular complexity index is 849. The summed E-state index contributed by atoms with van der Waals surface area (Å²) in [7, 11) is 1.67. The van der Waals surface area contributed by atoms with Gasteiger partial charge in [0.1, 0.15) is 11.4 Å². The summed E-state index contributed by atoms with van der Waals surface area (Å²) in [5.41, 5.74) is 5.91. The lowest BCUT2D eigenvalue weighted by molar-refractivity contribution is 0.416. The number of rotatable bonds is 5. The molecule has 0 spiro atoms. The average Bonchev–Trinajstić information content (AvgIpc) is 2.63. The third-order valence-corrected chi connectivity index (χ3v) is 4.89. The Morgan fingerprint density at radius 3 is 2.65 bits per heavy atom. The fourth-order valence-corrected chi connectivity index (χ4v) is 3.69. The number of para-hydroxylation sites is 2. The molecule has 0 amide bonds. The monoisotopic (exact) mass is 348 g/mol. The first-order chi connectivity index (χ1) is 12.5. The highest BCUT2D eigenvalue weighted by Crippen LogP contribution is 2.39. The smallest absolute Gasteiger partial charge is 0.144 e. The predicted molar refractivity (Wildman–Crippen MR) is 112 cm³/mol. The normalized spacial score (nSPS) is 15.7. The van der Waals surface area contributed by atoms with Gasteiger partial charge in [0.15, 0.2) is 0 Å². The Morgan fingerprint density at radius 1 is 1.15 bits per heavy atom. The molecule has 0 saturated heterocycles. The van der Waals surface area contributed by atoms with Gasteiger partial charge in [-0.3, -0.25) is 4.99 Å². The number of nitrogens with zero attached hydrogens (tertiary/aromatic N) is 2. The topological polar surface area (TPSA) is 24.8 Å². The average molecular weight is 348 g/mol. The van der Waals surface area contributed by atoms with Gasteiger partial charge in [0.2, 0.25) is 0 Å². The van der Waals surface area contributed by atoms with Crippen molar-refractivity contribution in [3.63, 3.8) is 0 Å². The molecule has 2 aromatic rings. The summed E-state index contributed by atoms with van der Waals surface area (Å²) in [5.74, 6) is 0.786. The lowest BCUT2D eigenvalue weighted by atomic mass is 9.88. The molecular formula is C23H28N2O. The minimum Gasteiger partial charge on any atom is -0.494 e. The minimum atomic E-state index is 0.0418. The molecule has 1 heterocycles. The van der Waals surface area contributed by atoms with Crippen LogP contribution in [-0.2, 0) is 0 Å². The first-order valence-corrected chi connectivity index (χ1v) is 9.25. The first kappa shape index (κ1) is 18.2. The van der Waals surface area contributed by atoms with Crippen molar-refractivity contribution in [1.29, 1.82) is 0 Å². The van der Waals surface area contributed by atoms with E-state index in [0.29, 0.717) is 0 Å². The molecule has 2 aromatic carbocycles. The number of benzene rings is 2. The van der Waals surface area contributed by atoms with E-state index < -0.39 is 0 Å². The van der Waals surface area contributed by atoms with Gasteiger partial charge in [0.25, 0.3) is 0 Å². The lowest BCUT2D eigenvalue weighted by Gasteiger charge is -2.43. The third-order valence-electron chi connectivity index (χ3n) is 4.89. The Kier molecular flexibility index (Phi) is 5.17. The van der Waals surface area contributed by atoms with E-state index in [-0.39, 0.29) is 5.54 Å². The van der Waals surface area contributed by atoms with Gasteiger partial charge in [-0.25, -0.2) is 0 Å². The second kappa shape index (κ2) is 7.36. The Labute approximate surface area is 157 Å². The van der Waals surface area contributed by atoms with Crippen LogP contribution in [-0.4, -0.2) is 25.4 Å². The van der Waals surface area contributed by atoms with Crippen molar-refractivity contribution in [2.75, 3.05) is 18.6 Å². The molecule has 136 valence electrons. The summed E-state index contributed by atoms with van der Waals surface area (Å²) in [6.07, 6.45) is 5.41. The predicted octanol–water partition coefficient (Wildman–Crippen LogP) is 5.86. The molecule has 0 N–H and O–H groups in total. The molecule has 26 heavy (non-hydrogen) atoms. The van der Waals surface area contributed by atoms with Crippen molar-refractivity contribution in [3.05, 3.63) is 59.7 Å². The molecule has 0 fully saturated rings. The molecule has 0 bridgehead atoms. The summed E-state index contributed by atoms with van der Waals surface area (Å²) >= 11 is 0. The number of hydrogen-bond acceptors (Lipinski definition) is 3. The quantitative estimate of drug-likeness (QED) is 0.632. The van der Waals surface area contributed by atoms with Crippen LogP contribution in [0.25, 0.3) is 5.57 Å². The number of fused-ring (bicyclic) bond motifs is 1. The van der Waals surface area contributed by atoms with E-state index in [0.717, 1.165) is 30.0 Å². The van der Waals surface area contributed by atoms with Gasteiger partial charge in [-0.2, -0.15) is 0 Å². The summed E-state index contributed by atoms with van der Waals surface area (Å²) in [4.78, 5) is 7.12. The molecule has 0 saturated carbocycles. The van der Waals surface area contributed by atoms with Gasteiger partial charge < -0.3 is 9.64 Å². The summed E-state index contributed by atoms with van der Waals surface area (Å²) < 4.78 is 5.38. The van der Waals surface area contributed by atoms with E-state index in [1.165, 1.54) is 16.8 Å². The molecule has 0 atom stereocenters. The fourth-order valence-electron chi connectivity index (χ4n) is 3.69. The van der Waals surface area contributed by atoms with Crippen LogP contribution in [0.2, 0.25) is 0 Å². The van der Waals surface area contributed by atoms with Crippen LogP contribution in [0.1, 0.15) is 45.2 Å². The molecule has 0 unspecified atom stereocenters. The van der Waals surface area contributed by atoms with Gasteiger partial charge >= 0.3 is 0 Å². The van der Waals surface area contributed by atoms with Crippen molar-refractivity contribution in [3.8, 4) is 5.75 Å². The number of methoxy groups -OCH3 is 1. The van der Waals surface area contributed by atoms with Gasteiger partial charge in [-0.05, 0) is 62.6 Å². The molecule has 0 aliphatic carbocycles. The van der Waals surface area contributed by atoms with Crippen molar-refractivity contribution in [2.45, 2.75) is 39.7 Å². The van der Waals surface area contributed by atoms with Crippen molar-refractivity contribution in [1.82, 2.24) is 0 Å². The van der Waals surface area contributed by atoms with Crippen LogP contribution in [0.3, 0.4) is 0 Å². The van der Waals surface area contributed by atoms with Crippen LogP contribution in [0.4, 0.5) is 11.4 Å². The zero-order valence-corrected chi connectivity index (χ0v) is 16.4. The summed E-state index contributed by atoms with van der Waals surface area (Å²) in [6, 6.07) is 14.4. The maximum absolute atomic E-state index is 5.38. The van der Waals surface area contributed by atoms with E-state index in [9.17, 15) is 0 Å². The highest BCUT2D eigenvalue weighted by molar-refractivity contribution is 5.89. The van der Waals surface area contributed by atoms with Gasteiger partial charge in [-0.1, -0.05) is 31.2 Å². The van der Waals surface area contributed by atoms with E-state index in [1.807, 2.05) is 30.5 Å². The SMILES string of the molecule is CCCN1c2ccc(C=Nc3ccccc3OC)cc2C(C)=CC1(C)C. The van der Waals surface area contributed by atoms with Gasteiger partial charge in [0, 0.05) is 24.0 Å². The van der Waals surface area contributed by atoms with E-state index >= 15 is 0 Å². The first-order valence-electron chi connectivity index (χ1n) is 9.25. The zero-order valence-electron chi connectivity index (χ0n) is 16.4. The van der Waals surface area contributed by atoms with Gasteiger partial charge in [-0.15, -0.1) is 0 Å². The summed E-state index contributed by atoms with van der Waals surface area (Å²) in [6.45, 7) is 10.1. The third kappa shape index (κ3) is 3.52. The molecule has 3 heteroatoms. The second-order valence-corrected chi connectivity index (χ2v) is 7.34. The largest absolute Gasteiger partial charge is 0.494 e. The molecule has 3 rings (SSSR count). The lowest BCUT2D eigenvalue weighted by Crippen LogP contribution is -2.45. The number of anilines is 1. The molecule has 1 aliphatic heterocycles. The van der Waals surface area contributed by atoms with Crippen molar-refractivity contribution >= 4 is 23.2 Å². The van der Waals surface area contributed by atoms with Crippen molar-refractivity contribution in [2.24, 2.45) is 4.99 Å². The van der Waals surface area contributed by atoms with E-state index in [4.69, 9.17) is 4.74 Å². The van der Waals surface area contributed by atoms with Crippen molar-refractivity contribution < 1.29 is 4.74 Å². The molecule has 0 aromatic heterocycles. The summed E-state index contributed by atoms with van der Waals surface area (Å²) in [5, 5.41) is 0. The number of allylic oxidation sites excluding steroid dienone is 1. The Balaban J connectivity index is 1.96. The Morgan fingerprint density at radius 2 is 1.92 bits per heavy atom. The van der Waals surface area contributed by atoms with Crippen LogP contribution in [0.5, 0.6) is 5.75 Å². The maximum Gasteiger partial charge on any atom is 0.144 e. The molecule has 3 nitrogen and oxygen atoms in total. The van der Waals surface area contributed by atoms with Gasteiger partial charge in [0.05, 0.1) is 12.6 Å². The number of hydrogen-bond donors (Lipinski definition) is 0. The highest BCUT2D eigenvalue weighted by atomic mass is 16.5. The number of aliphatic imine (C=N–C) groups is 1.